The van der Waals surface area contributed by atoms with Crippen LogP contribution in [0.3, 0.4) is 0 Å². The average Bonchev–Trinajstić information content (AvgIpc) is 2.87. The Morgan fingerprint density at radius 2 is 1.67 bits per heavy atom. The lowest BCUT2D eigenvalue weighted by molar-refractivity contribution is 0.204. The normalized spacial score (nSPS) is 14.4. The molecule has 1 fully saturated rings. The summed E-state index contributed by atoms with van der Waals surface area (Å²) in [5, 5.41) is 36.2. The first-order valence-corrected chi connectivity index (χ1v) is 11.0. The van der Waals surface area contributed by atoms with Gasteiger partial charge in [0.05, 0.1) is 26.9 Å². The fraction of sp³-hybridized carbons (Fsp3) is 0.478. The third kappa shape index (κ3) is 5.84. The Labute approximate surface area is 194 Å². The number of aryl methyl sites for hydroxylation is 1. The first-order chi connectivity index (χ1) is 16.1. The Balaban J connectivity index is 1.76. The molecule has 0 aliphatic carbocycles. The van der Waals surface area contributed by atoms with Crippen molar-refractivity contribution in [2.45, 2.75) is 33.2 Å². The lowest BCUT2D eigenvalue weighted by Gasteiger charge is -2.37. The summed E-state index contributed by atoms with van der Waals surface area (Å²) >= 11 is 0. The van der Waals surface area contributed by atoms with E-state index in [0.717, 1.165) is 41.2 Å². The number of piperazine rings is 1. The highest BCUT2D eigenvalue weighted by molar-refractivity contribution is 5.94. The number of nitrogens with one attached hydrogen (secondary N) is 1. The van der Waals surface area contributed by atoms with Gasteiger partial charge in [0.2, 0.25) is 11.8 Å². The summed E-state index contributed by atoms with van der Waals surface area (Å²) in [4.78, 5) is 13.9. The minimum atomic E-state index is -0.118. The van der Waals surface area contributed by atoms with Crippen molar-refractivity contribution < 1.29 is 24.9 Å². The van der Waals surface area contributed by atoms with Crippen molar-refractivity contribution in [2.24, 2.45) is 5.16 Å². The standard InChI is InChI=1S/C23H33N5O5/c1-4-20-18(15-31)12-21(22(24-20)32-2)25-23(26-33-3)28-7-5-27(6-8-28)19-10-16(13-29)9-17(11-19)14-30/h9-12,29-31H,4-8,13-15H2,1-3H3,(H,25,26). The maximum absolute atomic E-state index is 9.73. The number of aromatic nitrogens is 1. The number of anilines is 2. The maximum Gasteiger partial charge on any atom is 0.240 e. The molecule has 1 saturated heterocycles. The SMILES string of the molecule is CCc1nc(OC)c(NC(=NOC)N2CCN(c3cc(CO)cc(CO)c3)CC2)cc1CO. The molecule has 0 saturated carbocycles. The van der Waals surface area contributed by atoms with E-state index in [4.69, 9.17) is 9.57 Å². The first-order valence-electron chi connectivity index (χ1n) is 11.0. The highest BCUT2D eigenvalue weighted by Crippen LogP contribution is 2.27. The van der Waals surface area contributed by atoms with Crippen LogP contribution in [0.4, 0.5) is 11.4 Å². The second-order valence-corrected chi connectivity index (χ2v) is 7.68. The highest BCUT2D eigenvalue weighted by Gasteiger charge is 2.23. The number of oxime groups is 1. The molecule has 1 aliphatic rings. The largest absolute Gasteiger partial charge is 0.480 e. The van der Waals surface area contributed by atoms with Crippen LogP contribution >= 0.6 is 0 Å². The van der Waals surface area contributed by atoms with Crippen molar-refractivity contribution in [1.82, 2.24) is 9.88 Å². The van der Waals surface area contributed by atoms with Gasteiger partial charge in [-0.15, -0.1) is 0 Å². The zero-order valence-electron chi connectivity index (χ0n) is 19.4. The van der Waals surface area contributed by atoms with Crippen LogP contribution < -0.4 is 15.0 Å². The summed E-state index contributed by atoms with van der Waals surface area (Å²) in [5.41, 5.74) is 4.63. The number of aliphatic hydroxyl groups is 3. The van der Waals surface area contributed by atoms with Crippen LogP contribution in [0.25, 0.3) is 0 Å². The van der Waals surface area contributed by atoms with Gasteiger partial charge in [0.25, 0.3) is 0 Å². The molecule has 0 amide bonds. The Kier molecular flexibility index (Phi) is 8.70. The zero-order chi connectivity index (χ0) is 23.8. The van der Waals surface area contributed by atoms with Crippen molar-refractivity contribution in [3.63, 3.8) is 0 Å². The van der Waals surface area contributed by atoms with Gasteiger partial charge in [-0.2, -0.15) is 0 Å². The van der Waals surface area contributed by atoms with Crippen LogP contribution in [0.1, 0.15) is 29.3 Å². The lowest BCUT2D eigenvalue weighted by Crippen LogP contribution is -2.50. The fourth-order valence-corrected chi connectivity index (χ4v) is 3.91. The smallest absolute Gasteiger partial charge is 0.240 e. The van der Waals surface area contributed by atoms with Crippen LogP contribution in [0.5, 0.6) is 5.88 Å². The molecule has 180 valence electrons. The number of methoxy groups -OCH3 is 1. The number of guanidine groups is 1. The molecular weight excluding hydrogens is 426 g/mol. The molecule has 2 aromatic rings. The summed E-state index contributed by atoms with van der Waals surface area (Å²) in [7, 11) is 3.04. The predicted molar refractivity (Wildman–Crippen MR) is 126 cm³/mol. The van der Waals surface area contributed by atoms with Gasteiger partial charge in [-0.3, -0.25) is 0 Å². The molecule has 0 bridgehead atoms. The number of hydrogen-bond acceptors (Lipinski definition) is 8. The summed E-state index contributed by atoms with van der Waals surface area (Å²) < 4.78 is 5.45. The third-order valence-corrected chi connectivity index (χ3v) is 5.63. The Hall–Kier alpha value is -3.08. The molecule has 33 heavy (non-hydrogen) atoms. The van der Waals surface area contributed by atoms with Gasteiger partial charge in [0, 0.05) is 43.1 Å². The van der Waals surface area contributed by atoms with E-state index in [9.17, 15) is 15.3 Å². The molecule has 0 spiro atoms. The number of benzene rings is 1. The second-order valence-electron chi connectivity index (χ2n) is 7.68. The lowest BCUT2D eigenvalue weighted by atomic mass is 10.1. The highest BCUT2D eigenvalue weighted by atomic mass is 16.6. The Morgan fingerprint density at radius 1 is 1.00 bits per heavy atom. The van der Waals surface area contributed by atoms with Crippen molar-refractivity contribution >= 4 is 17.3 Å². The van der Waals surface area contributed by atoms with E-state index >= 15 is 0 Å². The summed E-state index contributed by atoms with van der Waals surface area (Å²) in [6, 6.07) is 7.51. The molecular formula is C23H33N5O5. The number of rotatable bonds is 8. The summed E-state index contributed by atoms with van der Waals surface area (Å²) in [6.07, 6.45) is 0.684. The van der Waals surface area contributed by atoms with Crippen molar-refractivity contribution in [3.8, 4) is 5.88 Å². The fourth-order valence-electron chi connectivity index (χ4n) is 3.91. The summed E-state index contributed by atoms with van der Waals surface area (Å²) in [5.74, 6) is 0.939. The van der Waals surface area contributed by atoms with Crippen LogP contribution in [-0.4, -0.2) is 71.6 Å². The van der Waals surface area contributed by atoms with Crippen molar-refractivity contribution in [1.29, 1.82) is 0 Å². The van der Waals surface area contributed by atoms with Gasteiger partial charge in [0.1, 0.15) is 12.8 Å². The molecule has 0 unspecified atom stereocenters. The Bertz CT molecular complexity index is 938. The van der Waals surface area contributed by atoms with Gasteiger partial charge in [-0.25, -0.2) is 4.98 Å². The minimum Gasteiger partial charge on any atom is -0.480 e. The number of ether oxygens (including phenoxy) is 1. The van der Waals surface area contributed by atoms with Gasteiger partial charge in [-0.1, -0.05) is 13.0 Å². The monoisotopic (exact) mass is 459 g/mol. The molecule has 1 aromatic heterocycles. The van der Waals surface area contributed by atoms with Crippen LogP contribution in [0.15, 0.2) is 29.4 Å². The quantitative estimate of drug-likeness (QED) is 0.263. The number of nitrogens with zero attached hydrogens (tertiary/aromatic N) is 4. The third-order valence-electron chi connectivity index (χ3n) is 5.63. The van der Waals surface area contributed by atoms with E-state index in [2.05, 4.69) is 25.3 Å². The van der Waals surface area contributed by atoms with E-state index < -0.39 is 0 Å². The topological polar surface area (TPSA) is 123 Å². The molecule has 3 rings (SSSR count). The number of aliphatic hydroxyl groups excluding tert-OH is 3. The van der Waals surface area contributed by atoms with Gasteiger partial charge in [-0.05, 0) is 40.9 Å². The average molecular weight is 460 g/mol. The van der Waals surface area contributed by atoms with Gasteiger partial charge < -0.3 is 40.0 Å². The molecule has 4 N–H and O–H groups in total. The van der Waals surface area contributed by atoms with Crippen LogP contribution in [-0.2, 0) is 31.1 Å². The molecule has 1 aromatic carbocycles. The van der Waals surface area contributed by atoms with Crippen molar-refractivity contribution in [2.75, 3.05) is 50.6 Å². The Morgan fingerprint density at radius 3 is 2.18 bits per heavy atom. The van der Waals surface area contributed by atoms with Crippen molar-refractivity contribution in [3.05, 3.63) is 46.6 Å². The molecule has 10 nitrogen and oxygen atoms in total. The maximum atomic E-state index is 9.73. The van der Waals surface area contributed by atoms with Crippen LogP contribution in [0.2, 0.25) is 0 Å². The number of hydrogen-bond donors (Lipinski definition) is 4. The van der Waals surface area contributed by atoms with E-state index in [1.165, 1.54) is 7.11 Å². The molecule has 0 atom stereocenters. The molecule has 10 heteroatoms. The van der Waals surface area contributed by atoms with Gasteiger partial charge >= 0.3 is 0 Å². The van der Waals surface area contributed by atoms with E-state index in [-0.39, 0.29) is 19.8 Å². The van der Waals surface area contributed by atoms with E-state index in [1.807, 2.05) is 25.1 Å². The predicted octanol–water partition coefficient (Wildman–Crippen LogP) is 1.28. The first kappa shape index (κ1) is 24.6. The minimum absolute atomic E-state index is 0.0715. The van der Waals surface area contributed by atoms with E-state index in [0.29, 0.717) is 37.0 Å². The van der Waals surface area contributed by atoms with Crippen LogP contribution in [0, 0.1) is 0 Å². The second kappa shape index (κ2) is 11.7. The molecule has 2 heterocycles. The molecule has 1 aliphatic heterocycles. The number of pyridine rings is 1. The van der Waals surface area contributed by atoms with Gasteiger partial charge in [0.15, 0.2) is 0 Å². The molecule has 0 radical (unpaired) electrons. The summed E-state index contributed by atoms with van der Waals surface area (Å²) in [6.45, 7) is 4.49. The van der Waals surface area contributed by atoms with E-state index in [1.54, 1.807) is 13.2 Å². The zero-order valence-corrected chi connectivity index (χ0v) is 19.4.